The first-order valence-corrected chi connectivity index (χ1v) is 8.65. The molecule has 138 valence electrons. The Morgan fingerprint density at radius 2 is 1.89 bits per heavy atom. The lowest BCUT2D eigenvalue weighted by molar-refractivity contribution is -0.112. The Morgan fingerprint density at radius 1 is 1.19 bits per heavy atom. The minimum Gasteiger partial charge on any atom is -0.493 e. The summed E-state index contributed by atoms with van der Waals surface area (Å²) in [4.78, 5) is 24.2. The van der Waals surface area contributed by atoms with Gasteiger partial charge < -0.3 is 14.8 Å². The molecule has 2 aromatic carbocycles. The number of ketones is 1. The Kier molecular flexibility index (Phi) is 6.74. The molecule has 0 aliphatic carbocycles. The van der Waals surface area contributed by atoms with E-state index in [2.05, 4.69) is 21.2 Å². The summed E-state index contributed by atoms with van der Waals surface area (Å²) in [6.45, 7) is 1.41. The summed E-state index contributed by atoms with van der Waals surface area (Å²) in [5.74, 6) is 0.167. The first-order chi connectivity index (χ1) is 12.9. The maximum atomic E-state index is 12.5. The Balaban J connectivity index is 2.37. The van der Waals surface area contributed by atoms with Crippen LogP contribution in [0.15, 0.2) is 46.4 Å². The highest BCUT2D eigenvalue weighted by atomic mass is 79.9. The average Bonchev–Trinajstić information content (AvgIpc) is 2.65. The monoisotopic (exact) mass is 428 g/mol. The number of anilines is 1. The van der Waals surface area contributed by atoms with E-state index in [1.54, 1.807) is 36.4 Å². The average molecular weight is 429 g/mol. The van der Waals surface area contributed by atoms with Crippen LogP contribution in [0.5, 0.6) is 11.5 Å². The molecule has 0 saturated heterocycles. The van der Waals surface area contributed by atoms with E-state index in [1.807, 2.05) is 6.07 Å². The molecule has 7 heteroatoms. The number of methoxy groups -OCH3 is 2. The van der Waals surface area contributed by atoms with Gasteiger partial charge >= 0.3 is 0 Å². The second-order valence-corrected chi connectivity index (χ2v) is 6.32. The van der Waals surface area contributed by atoms with Gasteiger partial charge in [-0.05, 0) is 58.8 Å². The van der Waals surface area contributed by atoms with Gasteiger partial charge in [-0.3, -0.25) is 9.59 Å². The molecule has 0 bridgehead atoms. The van der Waals surface area contributed by atoms with Crippen LogP contribution < -0.4 is 14.8 Å². The number of hydrogen-bond donors (Lipinski definition) is 1. The number of carbonyl (C=O) groups excluding carboxylic acids is 2. The van der Waals surface area contributed by atoms with Crippen LogP contribution in [0.25, 0.3) is 6.08 Å². The van der Waals surface area contributed by atoms with Crippen LogP contribution in [-0.2, 0) is 4.79 Å². The SMILES string of the molecule is COc1cc(/C=C(/C#N)C(=O)Nc2ccccc2C(C)=O)cc(Br)c1OC. The van der Waals surface area contributed by atoms with Crippen LogP contribution in [0.3, 0.4) is 0 Å². The van der Waals surface area contributed by atoms with Crippen molar-refractivity contribution in [3.05, 3.63) is 57.6 Å². The van der Waals surface area contributed by atoms with Crippen LogP contribution in [0.4, 0.5) is 5.69 Å². The normalized spacial score (nSPS) is 10.7. The van der Waals surface area contributed by atoms with Gasteiger partial charge in [0.2, 0.25) is 0 Å². The van der Waals surface area contributed by atoms with E-state index in [0.717, 1.165) is 0 Å². The molecule has 0 aliphatic heterocycles. The second kappa shape index (κ2) is 9.01. The summed E-state index contributed by atoms with van der Waals surface area (Å²) in [5.41, 5.74) is 1.18. The zero-order chi connectivity index (χ0) is 20.0. The van der Waals surface area contributed by atoms with Crippen molar-refractivity contribution in [1.29, 1.82) is 5.26 Å². The maximum absolute atomic E-state index is 12.5. The third kappa shape index (κ3) is 4.74. The summed E-state index contributed by atoms with van der Waals surface area (Å²) >= 11 is 3.37. The molecule has 0 aliphatic rings. The molecule has 2 aromatic rings. The molecule has 0 fully saturated rings. The quantitative estimate of drug-likeness (QED) is 0.422. The summed E-state index contributed by atoms with van der Waals surface area (Å²) in [7, 11) is 3.01. The Bertz CT molecular complexity index is 961. The topological polar surface area (TPSA) is 88.4 Å². The molecule has 0 unspecified atom stereocenters. The van der Waals surface area contributed by atoms with Crippen molar-refractivity contribution < 1.29 is 19.1 Å². The van der Waals surface area contributed by atoms with Gasteiger partial charge in [0.1, 0.15) is 11.6 Å². The standard InChI is InChI=1S/C20H17BrN2O4/c1-12(24)15-6-4-5-7-17(15)23-20(25)14(11-22)8-13-9-16(21)19(27-3)18(10-13)26-2/h4-10H,1-3H3,(H,23,25)/b14-8-. The minimum atomic E-state index is -0.614. The van der Waals surface area contributed by atoms with Gasteiger partial charge in [-0.1, -0.05) is 12.1 Å². The summed E-state index contributed by atoms with van der Waals surface area (Å²) < 4.78 is 11.1. The van der Waals surface area contributed by atoms with Crippen LogP contribution in [0.2, 0.25) is 0 Å². The van der Waals surface area contributed by atoms with E-state index < -0.39 is 5.91 Å². The fourth-order valence-electron chi connectivity index (χ4n) is 2.43. The second-order valence-electron chi connectivity index (χ2n) is 5.46. The molecule has 1 N–H and O–H groups in total. The zero-order valence-electron chi connectivity index (χ0n) is 15.0. The number of Topliss-reactive ketones (excluding diaryl/α,β-unsaturated/α-hetero) is 1. The van der Waals surface area contributed by atoms with Crippen LogP contribution in [0, 0.1) is 11.3 Å². The van der Waals surface area contributed by atoms with Crippen molar-refractivity contribution in [2.45, 2.75) is 6.92 Å². The largest absolute Gasteiger partial charge is 0.493 e. The van der Waals surface area contributed by atoms with E-state index in [-0.39, 0.29) is 11.4 Å². The highest BCUT2D eigenvalue weighted by Gasteiger charge is 2.15. The molecule has 1 amide bonds. The molecule has 0 atom stereocenters. The third-order valence-corrected chi connectivity index (χ3v) is 4.28. The van der Waals surface area contributed by atoms with E-state index in [0.29, 0.717) is 32.8 Å². The van der Waals surface area contributed by atoms with Gasteiger partial charge in [0.15, 0.2) is 17.3 Å². The summed E-state index contributed by atoms with van der Waals surface area (Å²) in [6, 6.07) is 11.9. The lowest BCUT2D eigenvalue weighted by Gasteiger charge is -2.11. The van der Waals surface area contributed by atoms with Crippen LogP contribution >= 0.6 is 15.9 Å². The number of carbonyl (C=O) groups is 2. The number of halogens is 1. The maximum Gasteiger partial charge on any atom is 0.266 e. The molecule has 0 spiro atoms. The molecule has 2 rings (SSSR count). The molecule has 27 heavy (non-hydrogen) atoms. The van der Waals surface area contributed by atoms with Crippen LogP contribution in [0.1, 0.15) is 22.8 Å². The van der Waals surface area contributed by atoms with E-state index in [4.69, 9.17) is 9.47 Å². The Labute approximate surface area is 165 Å². The fraction of sp³-hybridized carbons (Fsp3) is 0.150. The highest BCUT2D eigenvalue weighted by molar-refractivity contribution is 9.10. The van der Waals surface area contributed by atoms with Gasteiger partial charge in [-0.25, -0.2) is 0 Å². The molecule has 0 radical (unpaired) electrons. The molecular formula is C20H17BrN2O4. The van der Waals surface area contributed by atoms with Gasteiger partial charge in [-0.15, -0.1) is 0 Å². The number of hydrogen-bond acceptors (Lipinski definition) is 5. The Hall–Kier alpha value is -3.11. The van der Waals surface area contributed by atoms with Gasteiger partial charge in [-0.2, -0.15) is 5.26 Å². The number of rotatable bonds is 6. The summed E-state index contributed by atoms with van der Waals surface area (Å²) in [6.07, 6.45) is 1.43. The van der Waals surface area contributed by atoms with Crippen molar-refractivity contribution in [2.75, 3.05) is 19.5 Å². The van der Waals surface area contributed by atoms with Crippen molar-refractivity contribution in [1.82, 2.24) is 0 Å². The Morgan fingerprint density at radius 3 is 2.48 bits per heavy atom. The zero-order valence-corrected chi connectivity index (χ0v) is 16.6. The number of para-hydroxylation sites is 1. The lowest BCUT2D eigenvalue weighted by Crippen LogP contribution is -2.15. The predicted octanol–water partition coefficient (Wildman–Crippen LogP) is 4.21. The third-order valence-electron chi connectivity index (χ3n) is 3.69. The number of nitrogens with zero attached hydrogens (tertiary/aromatic N) is 1. The smallest absolute Gasteiger partial charge is 0.266 e. The number of ether oxygens (including phenoxy) is 2. The lowest BCUT2D eigenvalue weighted by atomic mass is 10.1. The van der Waals surface area contributed by atoms with Gasteiger partial charge in [0.05, 0.1) is 24.4 Å². The van der Waals surface area contributed by atoms with Crippen molar-refractivity contribution in [2.24, 2.45) is 0 Å². The van der Waals surface area contributed by atoms with Crippen molar-refractivity contribution >= 4 is 39.4 Å². The summed E-state index contributed by atoms with van der Waals surface area (Å²) in [5, 5.41) is 12.0. The van der Waals surface area contributed by atoms with E-state index >= 15 is 0 Å². The number of nitrogens with one attached hydrogen (secondary N) is 1. The van der Waals surface area contributed by atoms with Gasteiger partial charge in [0, 0.05) is 5.56 Å². The van der Waals surface area contributed by atoms with Gasteiger partial charge in [0.25, 0.3) is 5.91 Å². The van der Waals surface area contributed by atoms with E-state index in [9.17, 15) is 14.9 Å². The first kappa shape index (κ1) is 20.2. The molecule has 6 nitrogen and oxygen atoms in total. The number of nitriles is 1. The van der Waals surface area contributed by atoms with Crippen molar-refractivity contribution in [3.63, 3.8) is 0 Å². The highest BCUT2D eigenvalue weighted by Crippen LogP contribution is 2.36. The number of amides is 1. The minimum absolute atomic E-state index is 0.118. The molecule has 0 heterocycles. The van der Waals surface area contributed by atoms with E-state index in [1.165, 1.54) is 27.2 Å². The first-order valence-electron chi connectivity index (χ1n) is 7.85. The fourth-order valence-corrected chi connectivity index (χ4v) is 3.05. The van der Waals surface area contributed by atoms with Crippen LogP contribution in [-0.4, -0.2) is 25.9 Å². The number of benzene rings is 2. The molecular weight excluding hydrogens is 412 g/mol. The molecule has 0 saturated carbocycles. The van der Waals surface area contributed by atoms with Crippen molar-refractivity contribution in [3.8, 4) is 17.6 Å². The molecule has 0 aromatic heterocycles. The predicted molar refractivity (Wildman–Crippen MR) is 106 cm³/mol.